The molecule has 4 nitrogen and oxygen atoms in total. The maximum Gasteiger partial charge on any atom is 0.363 e. The maximum atomic E-state index is 12.2. The number of hydrogen-bond acceptors (Lipinski definition) is 4. The molecule has 0 aromatic heterocycles. The molecule has 4 rings (SSSR count). The molecule has 0 spiro atoms. The van der Waals surface area contributed by atoms with Gasteiger partial charge in [-0.1, -0.05) is 40.2 Å². The van der Waals surface area contributed by atoms with Gasteiger partial charge in [-0.05, 0) is 88.3 Å². The number of carbonyl (C=O) groups excluding carboxylic acids is 1. The Morgan fingerprint density at radius 3 is 2.55 bits per heavy atom. The summed E-state index contributed by atoms with van der Waals surface area (Å²) in [6.45, 7) is 0.477. The van der Waals surface area contributed by atoms with Gasteiger partial charge in [-0.25, -0.2) is 9.79 Å². The largest absolute Gasteiger partial charge is 0.489 e. The number of nitrogens with zero attached hydrogens (tertiary/aromatic N) is 1. The summed E-state index contributed by atoms with van der Waals surface area (Å²) in [5.74, 6) is 0.564. The highest BCUT2D eigenvalue weighted by molar-refractivity contribution is 14.1. The Morgan fingerprint density at radius 1 is 1.03 bits per heavy atom. The van der Waals surface area contributed by atoms with E-state index in [1.807, 2.05) is 72.8 Å². The monoisotopic (exact) mass is 559 g/mol. The van der Waals surface area contributed by atoms with Crippen LogP contribution in [-0.2, 0) is 16.1 Å². The fraction of sp³-hybridized carbons (Fsp3) is 0.0435. The summed E-state index contributed by atoms with van der Waals surface area (Å²) in [5.41, 5.74) is 2.92. The van der Waals surface area contributed by atoms with Gasteiger partial charge in [0.05, 0.1) is 0 Å². The van der Waals surface area contributed by atoms with Crippen molar-refractivity contribution in [2.24, 2.45) is 4.99 Å². The molecule has 29 heavy (non-hydrogen) atoms. The summed E-state index contributed by atoms with van der Waals surface area (Å²) in [7, 11) is 0. The molecular weight excluding hydrogens is 545 g/mol. The van der Waals surface area contributed by atoms with Gasteiger partial charge in [0, 0.05) is 13.6 Å². The molecular formula is C23H15BrINO3. The van der Waals surface area contributed by atoms with Gasteiger partial charge in [0.2, 0.25) is 5.90 Å². The van der Waals surface area contributed by atoms with Crippen LogP contribution in [0.2, 0.25) is 0 Å². The fourth-order valence-electron chi connectivity index (χ4n) is 2.72. The molecule has 0 amide bonds. The lowest BCUT2D eigenvalue weighted by atomic mass is 10.2. The second-order valence-electron chi connectivity index (χ2n) is 6.33. The van der Waals surface area contributed by atoms with Crippen molar-refractivity contribution >= 4 is 56.5 Å². The zero-order valence-corrected chi connectivity index (χ0v) is 18.9. The maximum absolute atomic E-state index is 12.2. The van der Waals surface area contributed by atoms with Gasteiger partial charge in [0.15, 0.2) is 5.70 Å². The number of benzene rings is 3. The number of esters is 1. The van der Waals surface area contributed by atoms with Gasteiger partial charge < -0.3 is 9.47 Å². The Bertz CT molecular complexity index is 1110. The van der Waals surface area contributed by atoms with Gasteiger partial charge in [0.1, 0.15) is 12.4 Å². The summed E-state index contributed by atoms with van der Waals surface area (Å²) in [6, 6.07) is 23.2. The van der Waals surface area contributed by atoms with Crippen molar-refractivity contribution in [2.45, 2.75) is 6.61 Å². The number of ether oxygens (including phenoxy) is 2. The number of halogens is 2. The molecule has 0 unspecified atom stereocenters. The van der Waals surface area contributed by atoms with E-state index in [4.69, 9.17) is 9.47 Å². The second-order valence-corrected chi connectivity index (χ2v) is 8.49. The molecule has 0 saturated heterocycles. The fourth-order valence-corrected chi connectivity index (χ4v) is 3.35. The molecule has 144 valence electrons. The summed E-state index contributed by atoms with van der Waals surface area (Å²) in [6.07, 6.45) is 1.70. The lowest BCUT2D eigenvalue weighted by Gasteiger charge is -2.07. The smallest absolute Gasteiger partial charge is 0.363 e. The van der Waals surface area contributed by atoms with Crippen molar-refractivity contribution in [3.05, 3.63) is 103 Å². The van der Waals surface area contributed by atoms with E-state index in [1.165, 1.54) is 3.57 Å². The lowest BCUT2D eigenvalue weighted by Crippen LogP contribution is -2.05. The van der Waals surface area contributed by atoms with E-state index in [1.54, 1.807) is 6.08 Å². The number of carbonyl (C=O) groups is 1. The van der Waals surface area contributed by atoms with E-state index in [9.17, 15) is 4.79 Å². The molecule has 0 bridgehead atoms. The molecule has 0 radical (unpaired) electrons. The first-order chi connectivity index (χ1) is 14.1. The predicted octanol–water partition coefficient (Wildman–Crippen LogP) is 5.98. The molecule has 0 aliphatic carbocycles. The van der Waals surface area contributed by atoms with Crippen molar-refractivity contribution in [1.82, 2.24) is 0 Å². The average Bonchev–Trinajstić information content (AvgIpc) is 3.09. The van der Waals surface area contributed by atoms with Gasteiger partial charge in [-0.2, -0.15) is 0 Å². The highest BCUT2D eigenvalue weighted by atomic mass is 127. The Hall–Kier alpha value is -2.45. The van der Waals surface area contributed by atoms with Crippen molar-refractivity contribution in [3.63, 3.8) is 0 Å². The molecule has 0 saturated carbocycles. The number of rotatable bonds is 5. The van der Waals surface area contributed by atoms with Gasteiger partial charge in [-0.15, -0.1) is 0 Å². The zero-order valence-electron chi connectivity index (χ0n) is 15.1. The van der Waals surface area contributed by atoms with E-state index in [0.717, 1.165) is 26.9 Å². The third kappa shape index (κ3) is 5.13. The van der Waals surface area contributed by atoms with Crippen LogP contribution in [0.25, 0.3) is 6.08 Å². The SMILES string of the molecule is O=C1OC(c2ccc(Br)cc2)=N/C1=C\c1cccc(OCc2ccc(I)cc2)c1. The van der Waals surface area contributed by atoms with Crippen LogP contribution in [0.3, 0.4) is 0 Å². The number of cyclic esters (lactones) is 1. The zero-order chi connectivity index (χ0) is 20.2. The van der Waals surface area contributed by atoms with Crippen LogP contribution in [0, 0.1) is 3.57 Å². The van der Waals surface area contributed by atoms with E-state index in [2.05, 4.69) is 43.5 Å². The van der Waals surface area contributed by atoms with Crippen molar-refractivity contribution in [3.8, 4) is 5.75 Å². The van der Waals surface area contributed by atoms with Crippen LogP contribution in [0.15, 0.2) is 88.0 Å². The van der Waals surface area contributed by atoms with Gasteiger partial charge >= 0.3 is 5.97 Å². The first-order valence-electron chi connectivity index (χ1n) is 8.83. The van der Waals surface area contributed by atoms with Gasteiger partial charge in [0.25, 0.3) is 0 Å². The highest BCUT2D eigenvalue weighted by Crippen LogP contribution is 2.22. The lowest BCUT2D eigenvalue weighted by molar-refractivity contribution is -0.129. The molecule has 1 aliphatic rings. The van der Waals surface area contributed by atoms with Crippen LogP contribution < -0.4 is 4.74 Å². The molecule has 1 heterocycles. The van der Waals surface area contributed by atoms with Gasteiger partial charge in [-0.3, -0.25) is 0 Å². The third-order valence-corrected chi connectivity index (χ3v) is 5.44. The molecule has 0 fully saturated rings. The van der Waals surface area contributed by atoms with E-state index < -0.39 is 5.97 Å². The normalized spacial score (nSPS) is 14.6. The summed E-state index contributed by atoms with van der Waals surface area (Å²) in [4.78, 5) is 16.6. The molecule has 6 heteroatoms. The summed E-state index contributed by atoms with van der Waals surface area (Å²) < 4.78 is 13.3. The molecule has 3 aromatic carbocycles. The van der Waals surface area contributed by atoms with Crippen LogP contribution >= 0.6 is 38.5 Å². The van der Waals surface area contributed by atoms with Crippen molar-refractivity contribution < 1.29 is 14.3 Å². The Labute approximate surface area is 190 Å². The highest BCUT2D eigenvalue weighted by Gasteiger charge is 2.24. The average molecular weight is 560 g/mol. The summed E-state index contributed by atoms with van der Waals surface area (Å²) in [5, 5.41) is 0. The predicted molar refractivity (Wildman–Crippen MR) is 125 cm³/mol. The number of aliphatic imine (C=N–C) groups is 1. The Kier molecular flexibility index (Phi) is 6.10. The Morgan fingerprint density at radius 2 is 1.79 bits per heavy atom. The topological polar surface area (TPSA) is 47.9 Å². The summed E-state index contributed by atoms with van der Waals surface area (Å²) >= 11 is 5.66. The number of hydrogen-bond donors (Lipinski definition) is 0. The van der Waals surface area contributed by atoms with E-state index in [-0.39, 0.29) is 5.70 Å². The van der Waals surface area contributed by atoms with Crippen LogP contribution in [0.4, 0.5) is 0 Å². The molecule has 3 aromatic rings. The molecule has 0 N–H and O–H groups in total. The second kappa shape index (κ2) is 8.92. The first kappa shape index (κ1) is 19.8. The van der Waals surface area contributed by atoms with E-state index in [0.29, 0.717) is 12.5 Å². The minimum Gasteiger partial charge on any atom is -0.489 e. The third-order valence-electron chi connectivity index (χ3n) is 4.19. The minimum absolute atomic E-state index is 0.262. The molecule has 0 atom stereocenters. The minimum atomic E-state index is -0.465. The quantitative estimate of drug-likeness (QED) is 0.219. The first-order valence-corrected chi connectivity index (χ1v) is 10.7. The van der Waals surface area contributed by atoms with Crippen LogP contribution in [0.1, 0.15) is 16.7 Å². The Balaban J connectivity index is 1.50. The van der Waals surface area contributed by atoms with Crippen molar-refractivity contribution in [2.75, 3.05) is 0 Å². The molecule has 1 aliphatic heterocycles. The van der Waals surface area contributed by atoms with Crippen LogP contribution in [0.5, 0.6) is 5.75 Å². The standard InChI is InChI=1S/C23H15BrINO3/c24-18-8-6-17(7-9-18)22-26-21(23(27)29-22)13-16-2-1-3-20(12-16)28-14-15-4-10-19(25)11-5-15/h1-13H,14H2/b21-13-. The van der Waals surface area contributed by atoms with E-state index >= 15 is 0 Å². The van der Waals surface area contributed by atoms with Crippen molar-refractivity contribution in [1.29, 1.82) is 0 Å². The van der Waals surface area contributed by atoms with Crippen LogP contribution in [-0.4, -0.2) is 11.9 Å².